The second kappa shape index (κ2) is 8.60. The lowest BCUT2D eigenvalue weighted by Crippen LogP contribution is -2.35. The molecule has 4 rings (SSSR count). The molecule has 0 bridgehead atoms. The summed E-state index contributed by atoms with van der Waals surface area (Å²) in [7, 11) is 0. The minimum absolute atomic E-state index is 0.227. The Hall–Kier alpha value is -3.61. The van der Waals surface area contributed by atoms with E-state index in [2.05, 4.69) is 15.3 Å². The molecule has 29 heavy (non-hydrogen) atoms. The van der Waals surface area contributed by atoms with Crippen LogP contribution in [0.15, 0.2) is 60.8 Å². The van der Waals surface area contributed by atoms with Gasteiger partial charge in [-0.25, -0.2) is 14.8 Å². The molecule has 0 saturated carbocycles. The Kier molecular flexibility index (Phi) is 5.56. The highest BCUT2D eigenvalue weighted by Gasteiger charge is 2.22. The number of aromatic nitrogens is 2. The maximum absolute atomic E-state index is 12.3. The Morgan fingerprint density at radius 2 is 1.90 bits per heavy atom. The van der Waals surface area contributed by atoms with Crippen LogP contribution in [0.4, 0.5) is 5.82 Å². The van der Waals surface area contributed by atoms with Crippen molar-refractivity contribution in [2.24, 2.45) is 0 Å². The number of nitrogens with one attached hydrogen (secondary N) is 1. The fraction of sp³-hybridized carbons (Fsp3) is 0.227. The van der Waals surface area contributed by atoms with Crippen LogP contribution >= 0.6 is 0 Å². The van der Waals surface area contributed by atoms with Gasteiger partial charge in [-0.05, 0) is 19.1 Å². The van der Waals surface area contributed by atoms with Crippen molar-refractivity contribution in [3.63, 3.8) is 0 Å². The molecule has 0 unspecified atom stereocenters. The molecule has 0 spiro atoms. The zero-order chi connectivity index (χ0) is 20.1. The predicted octanol–water partition coefficient (Wildman–Crippen LogP) is 3.57. The van der Waals surface area contributed by atoms with Gasteiger partial charge in [0, 0.05) is 11.8 Å². The van der Waals surface area contributed by atoms with Crippen LogP contribution in [0.2, 0.25) is 0 Å². The minimum Gasteiger partial charge on any atom is -0.486 e. The van der Waals surface area contributed by atoms with E-state index in [1.807, 2.05) is 54.6 Å². The quantitative estimate of drug-likeness (QED) is 0.643. The Morgan fingerprint density at radius 3 is 2.69 bits per heavy atom. The first kappa shape index (κ1) is 18.7. The van der Waals surface area contributed by atoms with Gasteiger partial charge in [-0.15, -0.1) is 0 Å². The number of hydrogen-bond donors (Lipinski definition) is 1. The Labute approximate surface area is 168 Å². The van der Waals surface area contributed by atoms with Gasteiger partial charge in [-0.1, -0.05) is 42.5 Å². The third-order valence-corrected chi connectivity index (χ3v) is 4.38. The average Bonchev–Trinajstić information content (AvgIpc) is 2.78. The lowest BCUT2D eigenvalue weighted by Gasteiger charge is -2.26. The van der Waals surface area contributed by atoms with E-state index in [-0.39, 0.29) is 18.3 Å². The molecule has 1 N–H and O–H groups in total. The number of anilines is 1. The SMILES string of the molecule is CCOC(=O)c1cnc(-c2ccccc2)nc1NC[C@@H]1COc2ccccc2O1. The van der Waals surface area contributed by atoms with Crippen LogP contribution in [-0.2, 0) is 4.74 Å². The topological polar surface area (TPSA) is 82.6 Å². The maximum atomic E-state index is 12.3. The summed E-state index contributed by atoms with van der Waals surface area (Å²) in [6, 6.07) is 17.1. The number of hydrogen-bond acceptors (Lipinski definition) is 7. The summed E-state index contributed by atoms with van der Waals surface area (Å²) in [5.41, 5.74) is 1.14. The number of carbonyl (C=O) groups excluding carboxylic acids is 1. The van der Waals surface area contributed by atoms with Gasteiger partial charge in [-0.2, -0.15) is 0 Å². The number of nitrogens with zero attached hydrogens (tertiary/aromatic N) is 2. The van der Waals surface area contributed by atoms with Crippen LogP contribution in [0.5, 0.6) is 11.5 Å². The monoisotopic (exact) mass is 391 g/mol. The minimum atomic E-state index is -0.472. The number of carbonyl (C=O) groups is 1. The first-order valence-corrected chi connectivity index (χ1v) is 9.46. The molecule has 1 aliphatic rings. The molecule has 1 atom stereocenters. The number of para-hydroxylation sites is 2. The van der Waals surface area contributed by atoms with Gasteiger partial charge in [0.25, 0.3) is 0 Å². The first-order chi connectivity index (χ1) is 14.2. The van der Waals surface area contributed by atoms with Crippen molar-refractivity contribution < 1.29 is 19.0 Å². The molecule has 0 fully saturated rings. The van der Waals surface area contributed by atoms with Gasteiger partial charge < -0.3 is 19.5 Å². The summed E-state index contributed by atoms with van der Waals surface area (Å²) < 4.78 is 16.9. The van der Waals surface area contributed by atoms with Crippen LogP contribution < -0.4 is 14.8 Å². The molecular formula is C22H21N3O4. The number of rotatable bonds is 6. The fourth-order valence-electron chi connectivity index (χ4n) is 2.98. The highest BCUT2D eigenvalue weighted by molar-refractivity contribution is 5.94. The smallest absolute Gasteiger partial charge is 0.343 e. The molecule has 3 aromatic rings. The molecule has 0 amide bonds. The number of fused-ring (bicyclic) bond motifs is 1. The van der Waals surface area contributed by atoms with Crippen LogP contribution in [0.1, 0.15) is 17.3 Å². The molecule has 2 aromatic carbocycles. The summed E-state index contributed by atoms with van der Waals surface area (Å²) >= 11 is 0. The average molecular weight is 391 g/mol. The third-order valence-electron chi connectivity index (χ3n) is 4.38. The van der Waals surface area contributed by atoms with E-state index < -0.39 is 5.97 Å². The molecule has 0 saturated heterocycles. The largest absolute Gasteiger partial charge is 0.486 e. The Morgan fingerprint density at radius 1 is 1.14 bits per heavy atom. The zero-order valence-electron chi connectivity index (χ0n) is 16.0. The molecule has 7 heteroatoms. The van der Waals surface area contributed by atoms with Crippen LogP contribution in [-0.4, -0.2) is 41.8 Å². The molecule has 1 aromatic heterocycles. The van der Waals surface area contributed by atoms with Gasteiger partial charge >= 0.3 is 5.97 Å². The van der Waals surface area contributed by atoms with Gasteiger partial charge in [0.05, 0.1) is 13.2 Å². The van der Waals surface area contributed by atoms with Gasteiger partial charge in [-0.3, -0.25) is 0 Å². The van der Waals surface area contributed by atoms with Crippen LogP contribution in [0.25, 0.3) is 11.4 Å². The van der Waals surface area contributed by atoms with E-state index in [0.717, 1.165) is 11.3 Å². The summed E-state index contributed by atoms with van der Waals surface area (Å²) in [4.78, 5) is 21.2. The number of ether oxygens (including phenoxy) is 3. The molecule has 148 valence electrons. The second-order valence-electron chi connectivity index (χ2n) is 6.42. The van der Waals surface area contributed by atoms with E-state index in [1.165, 1.54) is 6.20 Å². The molecular weight excluding hydrogens is 370 g/mol. The summed E-state index contributed by atoms with van der Waals surface area (Å²) in [6.07, 6.45) is 1.26. The van der Waals surface area contributed by atoms with Crippen molar-refractivity contribution in [3.05, 3.63) is 66.4 Å². The van der Waals surface area contributed by atoms with Gasteiger partial charge in [0.2, 0.25) is 0 Å². The standard InChI is InChI=1S/C22H21N3O4/c1-2-27-22(26)17-13-24-20(15-8-4-3-5-9-15)25-21(17)23-12-16-14-28-18-10-6-7-11-19(18)29-16/h3-11,13,16H,2,12,14H2,1H3,(H,23,24,25)/t16-/m1/s1. The van der Waals surface area contributed by atoms with Crippen molar-refractivity contribution in [1.29, 1.82) is 0 Å². The Balaban J connectivity index is 1.55. The summed E-state index contributed by atoms with van der Waals surface area (Å²) in [5, 5.41) is 3.21. The van der Waals surface area contributed by atoms with Gasteiger partial charge in [0.15, 0.2) is 17.3 Å². The van der Waals surface area contributed by atoms with Crippen molar-refractivity contribution in [2.75, 3.05) is 25.1 Å². The van der Waals surface area contributed by atoms with Crippen molar-refractivity contribution in [2.45, 2.75) is 13.0 Å². The molecule has 7 nitrogen and oxygen atoms in total. The molecule has 2 heterocycles. The van der Waals surface area contributed by atoms with E-state index in [0.29, 0.717) is 30.5 Å². The van der Waals surface area contributed by atoms with Crippen LogP contribution in [0.3, 0.4) is 0 Å². The predicted molar refractivity (Wildman–Crippen MR) is 108 cm³/mol. The fourth-order valence-corrected chi connectivity index (χ4v) is 2.98. The lowest BCUT2D eigenvalue weighted by atomic mass is 10.2. The molecule has 1 aliphatic heterocycles. The summed E-state index contributed by atoms with van der Waals surface area (Å²) in [6.45, 7) is 2.84. The van der Waals surface area contributed by atoms with E-state index >= 15 is 0 Å². The number of benzene rings is 2. The molecule has 0 radical (unpaired) electrons. The number of esters is 1. The highest BCUT2D eigenvalue weighted by Crippen LogP contribution is 2.31. The highest BCUT2D eigenvalue weighted by atomic mass is 16.6. The van der Waals surface area contributed by atoms with E-state index in [4.69, 9.17) is 14.2 Å². The van der Waals surface area contributed by atoms with Crippen molar-refractivity contribution in [3.8, 4) is 22.9 Å². The maximum Gasteiger partial charge on any atom is 0.343 e. The molecule has 0 aliphatic carbocycles. The normalized spacial score (nSPS) is 14.9. The third kappa shape index (κ3) is 4.29. The first-order valence-electron chi connectivity index (χ1n) is 9.46. The zero-order valence-corrected chi connectivity index (χ0v) is 16.0. The summed E-state index contributed by atoms with van der Waals surface area (Å²) in [5.74, 6) is 1.88. The van der Waals surface area contributed by atoms with Crippen LogP contribution in [0, 0.1) is 0 Å². The lowest BCUT2D eigenvalue weighted by molar-refractivity contribution is 0.0526. The second-order valence-corrected chi connectivity index (χ2v) is 6.42. The van der Waals surface area contributed by atoms with E-state index in [9.17, 15) is 4.79 Å². The van der Waals surface area contributed by atoms with Gasteiger partial charge in [0.1, 0.15) is 24.1 Å². The van der Waals surface area contributed by atoms with Crippen molar-refractivity contribution in [1.82, 2.24) is 9.97 Å². The Bertz CT molecular complexity index is 994. The van der Waals surface area contributed by atoms with Crippen molar-refractivity contribution >= 4 is 11.8 Å². The van der Waals surface area contributed by atoms with E-state index in [1.54, 1.807) is 6.92 Å².